The van der Waals surface area contributed by atoms with Crippen LogP contribution in [0.5, 0.6) is 0 Å². The number of rotatable bonds is 3. The maximum absolute atomic E-state index is 14.2. The molecule has 0 spiro atoms. The molecule has 9 heteroatoms. The third kappa shape index (κ3) is 3.91. The van der Waals surface area contributed by atoms with E-state index >= 15 is 0 Å². The number of ether oxygens (including phenoxy) is 1. The summed E-state index contributed by atoms with van der Waals surface area (Å²) in [6, 6.07) is 0.978. The SMILES string of the molecule is O=C(N1CCc2ncc(C(F)(F)F)cc2C1)[C@@]12CCC[C@@H]1C[C@@H](N[C@H]1CCOC[C@H]1F)C2. The van der Waals surface area contributed by atoms with Gasteiger partial charge in [0, 0.05) is 50.1 Å². The summed E-state index contributed by atoms with van der Waals surface area (Å²) in [5.74, 6) is 0.294. The molecule has 1 aromatic heterocycles. The molecule has 0 aromatic carbocycles. The van der Waals surface area contributed by atoms with Crippen molar-refractivity contribution in [2.45, 2.75) is 75.9 Å². The summed E-state index contributed by atoms with van der Waals surface area (Å²) in [5.41, 5.74) is -0.131. The van der Waals surface area contributed by atoms with Crippen molar-refractivity contribution in [1.29, 1.82) is 0 Å². The second-order valence-corrected chi connectivity index (χ2v) is 9.84. The predicted molar refractivity (Wildman–Crippen MR) is 108 cm³/mol. The summed E-state index contributed by atoms with van der Waals surface area (Å²) in [5, 5.41) is 3.46. The molecule has 3 fully saturated rings. The van der Waals surface area contributed by atoms with E-state index in [2.05, 4.69) is 10.3 Å². The lowest BCUT2D eigenvalue weighted by Crippen LogP contribution is -2.49. The summed E-state index contributed by atoms with van der Waals surface area (Å²) < 4.78 is 58.8. The molecule has 0 bridgehead atoms. The number of carbonyl (C=O) groups is 1. The standard InChI is InChI=1S/C23H29F4N3O2/c24-18-13-32-7-4-20(18)29-17-9-15-2-1-5-22(15,10-17)21(31)30-6-3-19-14(12-30)8-16(11-28-19)23(25,26)27/h8,11,15,17-18,20,29H,1-7,9-10,12-13H2/t15-,17-,18-,20+,22-/m1/s1. The Bertz CT molecular complexity index is 879. The van der Waals surface area contributed by atoms with E-state index in [4.69, 9.17) is 4.74 Å². The summed E-state index contributed by atoms with van der Waals surface area (Å²) in [6.07, 6.45) is 0.752. The molecule has 1 N–H and O–H groups in total. The molecule has 1 saturated heterocycles. The van der Waals surface area contributed by atoms with Gasteiger partial charge < -0.3 is 15.0 Å². The van der Waals surface area contributed by atoms with Gasteiger partial charge in [0.05, 0.1) is 17.6 Å². The molecule has 0 radical (unpaired) electrons. The predicted octanol–water partition coefficient (Wildman–Crippen LogP) is 3.65. The number of hydrogen-bond donors (Lipinski definition) is 1. The number of nitrogens with zero attached hydrogens (tertiary/aromatic N) is 2. The zero-order chi connectivity index (χ0) is 22.5. The molecule has 1 aromatic rings. The lowest BCUT2D eigenvalue weighted by molar-refractivity contribution is -0.144. The Kier molecular flexibility index (Phi) is 5.68. The van der Waals surface area contributed by atoms with Crippen LogP contribution in [0.15, 0.2) is 12.3 Å². The van der Waals surface area contributed by atoms with Crippen LogP contribution in [-0.4, -0.2) is 53.8 Å². The highest BCUT2D eigenvalue weighted by molar-refractivity contribution is 5.84. The maximum atomic E-state index is 14.2. The van der Waals surface area contributed by atoms with Crippen molar-refractivity contribution >= 4 is 5.91 Å². The Balaban J connectivity index is 1.31. The van der Waals surface area contributed by atoms with Crippen molar-refractivity contribution in [3.05, 3.63) is 29.1 Å². The molecule has 32 heavy (non-hydrogen) atoms. The average molecular weight is 455 g/mol. The van der Waals surface area contributed by atoms with Crippen LogP contribution in [-0.2, 0) is 28.7 Å². The lowest BCUT2D eigenvalue weighted by Gasteiger charge is -2.37. The normalized spacial score (nSPS) is 34.9. The second kappa shape index (κ2) is 8.24. The second-order valence-electron chi connectivity index (χ2n) is 9.84. The molecule has 3 heterocycles. The minimum absolute atomic E-state index is 0.0520. The third-order valence-electron chi connectivity index (χ3n) is 7.95. The van der Waals surface area contributed by atoms with Crippen LogP contribution in [0.25, 0.3) is 0 Å². The van der Waals surface area contributed by atoms with Gasteiger partial charge in [-0.1, -0.05) is 6.42 Å². The van der Waals surface area contributed by atoms with Gasteiger partial charge in [-0.15, -0.1) is 0 Å². The van der Waals surface area contributed by atoms with Crippen molar-refractivity contribution in [3.63, 3.8) is 0 Å². The monoisotopic (exact) mass is 455 g/mol. The lowest BCUT2D eigenvalue weighted by atomic mass is 9.78. The van der Waals surface area contributed by atoms with Crippen molar-refractivity contribution in [2.24, 2.45) is 11.3 Å². The molecule has 5 rings (SSSR count). The smallest absolute Gasteiger partial charge is 0.378 e. The number of alkyl halides is 4. The number of carbonyl (C=O) groups excluding carboxylic acids is 1. The first kappa shape index (κ1) is 22.1. The molecule has 1 amide bonds. The van der Waals surface area contributed by atoms with Gasteiger partial charge in [0.1, 0.15) is 6.17 Å². The summed E-state index contributed by atoms with van der Waals surface area (Å²) in [6.45, 7) is 1.30. The van der Waals surface area contributed by atoms with Crippen LogP contribution in [0.4, 0.5) is 17.6 Å². The van der Waals surface area contributed by atoms with Gasteiger partial charge >= 0.3 is 6.18 Å². The first-order valence-electron chi connectivity index (χ1n) is 11.6. The number of nitrogens with one attached hydrogen (secondary N) is 1. The Morgan fingerprint density at radius 2 is 2.16 bits per heavy atom. The first-order valence-corrected chi connectivity index (χ1v) is 11.6. The van der Waals surface area contributed by atoms with Crippen LogP contribution in [0.3, 0.4) is 0 Å². The van der Waals surface area contributed by atoms with Crippen molar-refractivity contribution in [1.82, 2.24) is 15.2 Å². The van der Waals surface area contributed by atoms with E-state index in [1.54, 1.807) is 4.90 Å². The third-order valence-corrected chi connectivity index (χ3v) is 7.95. The number of halogens is 4. The number of fused-ring (bicyclic) bond motifs is 2. The molecular weight excluding hydrogens is 426 g/mol. The molecular formula is C23H29F4N3O2. The largest absolute Gasteiger partial charge is 0.417 e. The fourth-order valence-electron chi connectivity index (χ4n) is 6.38. The zero-order valence-corrected chi connectivity index (χ0v) is 18.0. The molecule has 2 aliphatic heterocycles. The number of amides is 1. The highest BCUT2D eigenvalue weighted by Gasteiger charge is 2.56. The van der Waals surface area contributed by atoms with E-state index in [-0.39, 0.29) is 37.1 Å². The molecule has 5 atom stereocenters. The van der Waals surface area contributed by atoms with E-state index in [1.807, 2.05) is 0 Å². The van der Waals surface area contributed by atoms with Gasteiger partial charge in [-0.3, -0.25) is 9.78 Å². The number of pyridine rings is 1. The first-order chi connectivity index (χ1) is 15.3. The van der Waals surface area contributed by atoms with Gasteiger partial charge in [0.15, 0.2) is 0 Å². The Morgan fingerprint density at radius 1 is 1.31 bits per heavy atom. The molecule has 0 unspecified atom stereocenters. The van der Waals surface area contributed by atoms with Crippen LogP contribution >= 0.6 is 0 Å². The number of aromatic nitrogens is 1. The zero-order valence-electron chi connectivity index (χ0n) is 18.0. The van der Waals surface area contributed by atoms with Gasteiger partial charge in [-0.25, -0.2) is 4.39 Å². The fraction of sp³-hybridized carbons (Fsp3) is 0.739. The Hall–Kier alpha value is -1.74. The minimum atomic E-state index is -4.45. The van der Waals surface area contributed by atoms with Gasteiger partial charge in [-0.05, 0) is 49.7 Å². The van der Waals surface area contributed by atoms with E-state index in [1.165, 1.54) is 0 Å². The summed E-state index contributed by atoms with van der Waals surface area (Å²) in [4.78, 5) is 19.5. The van der Waals surface area contributed by atoms with Gasteiger partial charge in [-0.2, -0.15) is 13.2 Å². The highest BCUT2D eigenvalue weighted by atomic mass is 19.4. The summed E-state index contributed by atoms with van der Waals surface area (Å²) in [7, 11) is 0. The van der Waals surface area contributed by atoms with Crippen LogP contribution in [0, 0.1) is 11.3 Å². The van der Waals surface area contributed by atoms with Crippen LogP contribution in [0.1, 0.15) is 55.3 Å². The minimum Gasteiger partial charge on any atom is -0.378 e. The molecule has 4 aliphatic rings. The topological polar surface area (TPSA) is 54.5 Å². The highest BCUT2D eigenvalue weighted by Crippen LogP contribution is 2.55. The summed E-state index contributed by atoms with van der Waals surface area (Å²) >= 11 is 0. The Labute approximate surface area is 184 Å². The molecule has 5 nitrogen and oxygen atoms in total. The number of hydrogen-bond acceptors (Lipinski definition) is 4. The van der Waals surface area contributed by atoms with Crippen molar-refractivity contribution in [3.8, 4) is 0 Å². The molecule has 2 saturated carbocycles. The quantitative estimate of drug-likeness (QED) is 0.707. The van der Waals surface area contributed by atoms with Gasteiger partial charge in [0.25, 0.3) is 0 Å². The fourth-order valence-corrected chi connectivity index (χ4v) is 6.38. The van der Waals surface area contributed by atoms with Gasteiger partial charge in [0.2, 0.25) is 5.91 Å². The maximum Gasteiger partial charge on any atom is 0.417 e. The van der Waals surface area contributed by atoms with E-state index in [9.17, 15) is 22.4 Å². The van der Waals surface area contributed by atoms with E-state index in [0.717, 1.165) is 37.9 Å². The van der Waals surface area contributed by atoms with Crippen molar-refractivity contribution < 1.29 is 27.1 Å². The average Bonchev–Trinajstić information content (AvgIpc) is 3.31. The van der Waals surface area contributed by atoms with Crippen LogP contribution in [0.2, 0.25) is 0 Å². The van der Waals surface area contributed by atoms with Crippen LogP contribution < -0.4 is 5.32 Å². The van der Waals surface area contributed by atoms with E-state index in [0.29, 0.717) is 43.7 Å². The molecule has 176 valence electrons. The Morgan fingerprint density at radius 3 is 2.94 bits per heavy atom. The van der Waals surface area contributed by atoms with E-state index < -0.39 is 23.3 Å². The molecule has 2 aliphatic carbocycles. The van der Waals surface area contributed by atoms with Crippen molar-refractivity contribution in [2.75, 3.05) is 19.8 Å².